The number of imidazole rings is 1. The first-order chi connectivity index (χ1) is 5.88. The number of aromatic amines is 1. The Balaban J connectivity index is 2.51. The number of hydrogen-bond acceptors (Lipinski definition) is 4. The van der Waals surface area contributed by atoms with Crippen LogP contribution in [0, 0.1) is 0 Å². The quantitative estimate of drug-likeness (QED) is 0.697. The fourth-order valence-corrected chi connectivity index (χ4v) is 1.43. The topological polar surface area (TPSA) is 55.0 Å². The highest BCUT2D eigenvalue weighted by molar-refractivity contribution is 7.98. The normalized spacial score (nSPS) is 12.4. The number of thioether (sulfide) groups is 1. The van der Waals surface area contributed by atoms with Crippen LogP contribution in [0.25, 0.3) is 0 Å². The van der Waals surface area contributed by atoms with Crippen LogP contribution in [0.3, 0.4) is 0 Å². The number of nitrogens with zero attached hydrogens (tertiary/aromatic N) is 1. The van der Waals surface area contributed by atoms with Crippen LogP contribution in [-0.4, -0.2) is 29.3 Å². The zero-order valence-corrected chi connectivity index (χ0v) is 7.50. The maximum atomic E-state index is 9.94. The van der Waals surface area contributed by atoms with Crippen LogP contribution in [-0.2, 0) is 9.53 Å². The molecule has 1 aromatic rings. The highest BCUT2D eigenvalue weighted by Gasteiger charge is 2.11. The van der Waals surface area contributed by atoms with Gasteiger partial charge in [0.25, 0.3) is 6.47 Å². The van der Waals surface area contributed by atoms with Crippen molar-refractivity contribution in [3.8, 4) is 0 Å². The Bertz CT molecular complexity index is 225. The van der Waals surface area contributed by atoms with E-state index in [0.29, 0.717) is 13.1 Å². The van der Waals surface area contributed by atoms with Crippen molar-refractivity contribution in [2.24, 2.45) is 0 Å². The van der Waals surface area contributed by atoms with Crippen molar-refractivity contribution in [2.75, 3.05) is 12.9 Å². The van der Waals surface area contributed by atoms with Gasteiger partial charge in [0.15, 0.2) is 0 Å². The molecule has 5 heteroatoms. The summed E-state index contributed by atoms with van der Waals surface area (Å²) in [7, 11) is 0. The van der Waals surface area contributed by atoms with Gasteiger partial charge in [-0.05, 0) is 6.26 Å². The zero-order valence-electron chi connectivity index (χ0n) is 6.69. The third-order valence-corrected chi connectivity index (χ3v) is 2.40. The standard InChI is InChI=1S/C7H10N2O2S/c1-12-7(3-11-5-10)6-2-8-4-9-6/h2,4-5,7H,3H2,1H3,(H,8,9). The number of H-pyrrole nitrogens is 1. The van der Waals surface area contributed by atoms with Gasteiger partial charge in [-0.25, -0.2) is 4.98 Å². The molecular weight excluding hydrogens is 176 g/mol. The van der Waals surface area contributed by atoms with Crippen molar-refractivity contribution in [3.63, 3.8) is 0 Å². The summed E-state index contributed by atoms with van der Waals surface area (Å²) >= 11 is 1.60. The van der Waals surface area contributed by atoms with E-state index in [1.54, 1.807) is 24.3 Å². The summed E-state index contributed by atoms with van der Waals surface area (Å²) in [4.78, 5) is 16.9. The van der Waals surface area contributed by atoms with Gasteiger partial charge in [0, 0.05) is 6.20 Å². The summed E-state index contributed by atoms with van der Waals surface area (Å²) in [5.74, 6) is 0. The smallest absolute Gasteiger partial charge is 0.293 e. The lowest BCUT2D eigenvalue weighted by Crippen LogP contribution is -2.03. The molecule has 0 radical (unpaired) electrons. The van der Waals surface area contributed by atoms with Crippen molar-refractivity contribution in [1.29, 1.82) is 0 Å². The van der Waals surface area contributed by atoms with Gasteiger partial charge in [0.2, 0.25) is 0 Å². The molecule has 1 heterocycles. The second-order valence-electron chi connectivity index (χ2n) is 2.15. The third-order valence-electron chi connectivity index (χ3n) is 1.45. The molecule has 66 valence electrons. The summed E-state index contributed by atoms with van der Waals surface area (Å²) in [6, 6.07) is 0. The Morgan fingerprint density at radius 1 is 1.92 bits per heavy atom. The number of rotatable bonds is 5. The van der Waals surface area contributed by atoms with Crippen LogP contribution in [0.1, 0.15) is 10.9 Å². The molecule has 1 aromatic heterocycles. The van der Waals surface area contributed by atoms with E-state index in [2.05, 4.69) is 14.7 Å². The van der Waals surface area contributed by atoms with Crippen LogP contribution in [0.2, 0.25) is 0 Å². The molecule has 0 fully saturated rings. The molecule has 1 atom stereocenters. The van der Waals surface area contributed by atoms with E-state index in [1.807, 2.05) is 6.26 Å². The van der Waals surface area contributed by atoms with E-state index in [-0.39, 0.29) is 5.25 Å². The lowest BCUT2D eigenvalue weighted by molar-refractivity contribution is -0.128. The molecule has 4 nitrogen and oxygen atoms in total. The number of aromatic nitrogens is 2. The molecule has 0 aliphatic heterocycles. The monoisotopic (exact) mass is 186 g/mol. The molecular formula is C7H10N2O2S. The minimum Gasteiger partial charge on any atom is -0.466 e. The van der Waals surface area contributed by atoms with Gasteiger partial charge in [-0.2, -0.15) is 11.8 Å². The second kappa shape index (κ2) is 4.82. The molecule has 1 rings (SSSR count). The molecule has 0 spiro atoms. The summed E-state index contributed by atoms with van der Waals surface area (Å²) in [6.07, 6.45) is 5.36. The van der Waals surface area contributed by atoms with E-state index in [4.69, 9.17) is 0 Å². The summed E-state index contributed by atoms with van der Waals surface area (Å²) in [5, 5.41) is 0.126. The Morgan fingerprint density at radius 2 is 2.75 bits per heavy atom. The van der Waals surface area contributed by atoms with Gasteiger partial charge < -0.3 is 9.72 Å². The van der Waals surface area contributed by atoms with E-state index >= 15 is 0 Å². The van der Waals surface area contributed by atoms with Crippen molar-refractivity contribution in [1.82, 2.24) is 9.97 Å². The Hall–Kier alpha value is -0.970. The lowest BCUT2D eigenvalue weighted by atomic mass is 10.3. The highest BCUT2D eigenvalue weighted by atomic mass is 32.2. The van der Waals surface area contributed by atoms with E-state index in [1.165, 1.54) is 0 Å². The molecule has 1 unspecified atom stereocenters. The number of hydrogen-bond donors (Lipinski definition) is 1. The molecule has 0 saturated heterocycles. The van der Waals surface area contributed by atoms with E-state index in [0.717, 1.165) is 5.69 Å². The molecule has 0 aromatic carbocycles. The summed E-state index contributed by atoms with van der Waals surface area (Å²) in [6.45, 7) is 0.825. The molecule has 0 bridgehead atoms. The minimum absolute atomic E-state index is 0.126. The first-order valence-electron chi connectivity index (χ1n) is 3.45. The zero-order chi connectivity index (χ0) is 8.81. The minimum atomic E-state index is 0.126. The first-order valence-corrected chi connectivity index (χ1v) is 4.74. The van der Waals surface area contributed by atoms with Gasteiger partial charge >= 0.3 is 0 Å². The average Bonchev–Trinajstić information content (AvgIpc) is 2.59. The largest absolute Gasteiger partial charge is 0.466 e. The van der Waals surface area contributed by atoms with Gasteiger partial charge in [0.05, 0.1) is 17.3 Å². The van der Waals surface area contributed by atoms with Gasteiger partial charge in [-0.15, -0.1) is 0 Å². The Labute approximate surface area is 74.7 Å². The van der Waals surface area contributed by atoms with Crippen LogP contribution in [0.4, 0.5) is 0 Å². The van der Waals surface area contributed by atoms with E-state index in [9.17, 15) is 4.79 Å². The molecule has 0 saturated carbocycles. The number of carbonyl (C=O) groups is 1. The first kappa shape index (κ1) is 9.12. The predicted molar refractivity (Wildman–Crippen MR) is 46.9 cm³/mol. The molecule has 12 heavy (non-hydrogen) atoms. The maximum Gasteiger partial charge on any atom is 0.293 e. The van der Waals surface area contributed by atoms with Gasteiger partial charge in [-0.3, -0.25) is 4.79 Å². The highest BCUT2D eigenvalue weighted by Crippen LogP contribution is 2.24. The van der Waals surface area contributed by atoms with Crippen molar-refractivity contribution in [3.05, 3.63) is 18.2 Å². The van der Waals surface area contributed by atoms with Crippen LogP contribution in [0.15, 0.2) is 12.5 Å². The molecule has 1 N–H and O–H groups in total. The molecule has 0 amide bonds. The van der Waals surface area contributed by atoms with Crippen molar-refractivity contribution < 1.29 is 9.53 Å². The van der Waals surface area contributed by atoms with Crippen LogP contribution < -0.4 is 0 Å². The van der Waals surface area contributed by atoms with Crippen molar-refractivity contribution >= 4 is 18.2 Å². The fraction of sp³-hybridized carbons (Fsp3) is 0.429. The fourth-order valence-electron chi connectivity index (χ4n) is 0.849. The van der Waals surface area contributed by atoms with Crippen LogP contribution in [0.5, 0.6) is 0 Å². The van der Waals surface area contributed by atoms with Crippen LogP contribution >= 0.6 is 11.8 Å². The number of nitrogens with one attached hydrogen (secondary N) is 1. The van der Waals surface area contributed by atoms with E-state index < -0.39 is 0 Å². The van der Waals surface area contributed by atoms with Crippen molar-refractivity contribution in [2.45, 2.75) is 5.25 Å². The summed E-state index contributed by atoms with van der Waals surface area (Å²) < 4.78 is 4.66. The SMILES string of the molecule is CSC(COC=O)c1c[nH]cn1. The van der Waals surface area contributed by atoms with Gasteiger partial charge in [0.1, 0.15) is 6.61 Å². The molecule has 0 aliphatic rings. The summed E-state index contributed by atoms with van der Waals surface area (Å²) in [5.41, 5.74) is 0.907. The number of carbonyl (C=O) groups excluding carboxylic acids is 1. The Morgan fingerprint density at radius 3 is 3.25 bits per heavy atom. The maximum absolute atomic E-state index is 9.94. The second-order valence-corrected chi connectivity index (χ2v) is 3.19. The predicted octanol–water partition coefficient (Wildman–Crippen LogP) is 0.987. The lowest BCUT2D eigenvalue weighted by Gasteiger charge is -2.08. The third kappa shape index (κ3) is 2.27. The molecule has 0 aliphatic carbocycles. The Kier molecular flexibility index (Phi) is 3.66. The average molecular weight is 186 g/mol. The van der Waals surface area contributed by atoms with Gasteiger partial charge in [-0.1, -0.05) is 0 Å². The number of ether oxygens (including phenoxy) is 1.